The summed E-state index contributed by atoms with van der Waals surface area (Å²) in [5, 5.41) is 13.0. The summed E-state index contributed by atoms with van der Waals surface area (Å²) in [5.41, 5.74) is 1.48. The van der Waals surface area contributed by atoms with E-state index in [1.807, 2.05) is 32.0 Å². The zero-order chi connectivity index (χ0) is 16.8. The number of thioether (sulfide) groups is 1. The highest BCUT2D eigenvalue weighted by atomic mass is 32.2. The van der Waals surface area contributed by atoms with E-state index in [1.54, 1.807) is 7.11 Å². The molecule has 1 aromatic rings. The molecule has 0 bridgehead atoms. The molecule has 122 valence electrons. The number of hydrogen-bond acceptors (Lipinski definition) is 5. The van der Waals surface area contributed by atoms with Crippen LogP contribution in [-0.4, -0.2) is 25.4 Å². The molecule has 1 N–H and O–H groups in total. The molecule has 0 aromatic heterocycles. The second-order valence-electron chi connectivity index (χ2n) is 4.94. The number of methoxy groups -OCH3 is 1. The summed E-state index contributed by atoms with van der Waals surface area (Å²) in [6, 6.07) is 7.82. The molecule has 0 fully saturated rings. The third kappa shape index (κ3) is 3.80. The Morgan fingerprint density at radius 3 is 2.78 bits per heavy atom. The zero-order valence-electron chi connectivity index (χ0n) is 13.5. The lowest BCUT2D eigenvalue weighted by atomic mass is 9.87. The van der Waals surface area contributed by atoms with Crippen molar-refractivity contribution in [3.05, 3.63) is 34.4 Å². The van der Waals surface area contributed by atoms with Gasteiger partial charge in [0.1, 0.15) is 0 Å². The number of carbonyl (C=O) groups excluding carboxylic acids is 1. The van der Waals surface area contributed by atoms with Gasteiger partial charge in [-0.1, -0.05) is 13.0 Å². The molecule has 0 unspecified atom stereocenters. The Hall–Kier alpha value is -2.13. The van der Waals surface area contributed by atoms with Gasteiger partial charge in [0.05, 0.1) is 30.4 Å². The van der Waals surface area contributed by atoms with Crippen molar-refractivity contribution in [3.8, 4) is 17.6 Å². The van der Waals surface area contributed by atoms with E-state index in [1.165, 1.54) is 11.8 Å². The minimum atomic E-state index is -0.257. The lowest BCUT2D eigenvalue weighted by Crippen LogP contribution is -2.30. The standard InChI is InChI=1S/C17H20N2O3S/c1-4-22-14-7-6-11(8-15(14)21-3)12-9-16(20)19-17(23-5-2)13(12)10-18/h6-8,12H,4-5,9H2,1-3H3,(H,19,20)/t12-/m1/s1. The van der Waals surface area contributed by atoms with Crippen LogP contribution in [0.4, 0.5) is 0 Å². The Bertz CT molecular complexity index is 664. The summed E-state index contributed by atoms with van der Waals surface area (Å²) in [6.07, 6.45) is 0.258. The summed E-state index contributed by atoms with van der Waals surface area (Å²) >= 11 is 1.48. The predicted octanol–water partition coefficient (Wildman–Crippen LogP) is 3.19. The van der Waals surface area contributed by atoms with E-state index in [-0.39, 0.29) is 18.2 Å². The van der Waals surface area contributed by atoms with E-state index in [0.717, 1.165) is 11.3 Å². The first-order valence-corrected chi connectivity index (χ1v) is 8.50. The van der Waals surface area contributed by atoms with Crippen molar-refractivity contribution in [2.45, 2.75) is 26.2 Å². The van der Waals surface area contributed by atoms with E-state index in [4.69, 9.17) is 9.47 Å². The molecule has 1 atom stereocenters. The molecule has 6 heteroatoms. The number of ether oxygens (including phenoxy) is 2. The van der Waals surface area contributed by atoms with Gasteiger partial charge in [-0.05, 0) is 30.4 Å². The van der Waals surface area contributed by atoms with Gasteiger partial charge in [0.2, 0.25) is 5.91 Å². The van der Waals surface area contributed by atoms with Crippen LogP contribution in [0.3, 0.4) is 0 Å². The molecule has 1 aromatic carbocycles. The highest BCUT2D eigenvalue weighted by Crippen LogP contribution is 2.39. The molecule has 0 aliphatic carbocycles. The van der Waals surface area contributed by atoms with Gasteiger partial charge >= 0.3 is 0 Å². The van der Waals surface area contributed by atoms with Crippen LogP contribution in [0, 0.1) is 11.3 Å². The highest BCUT2D eigenvalue weighted by Gasteiger charge is 2.29. The molecule has 5 nitrogen and oxygen atoms in total. The van der Waals surface area contributed by atoms with Crippen molar-refractivity contribution in [2.24, 2.45) is 0 Å². The Labute approximate surface area is 140 Å². The van der Waals surface area contributed by atoms with E-state index >= 15 is 0 Å². The lowest BCUT2D eigenvalue weighted by Gasteiger charge is -2.25. The molecule has 0 saturated carbocycles. The zero-order valence-corrected chi connectivity index (χ0v) is 14.3. The number of rotatable bonds is 6. The number of amides is 1. The van der Waals surface area contributed by atoms with Gasteiger partial charge in [-0.2, -0.15) is 5.26 Å². The second-order valence-corrected chi connectivity index (χ2v) is 6.21. The van der Waals surface area contributed by atoms with Crippen LogP contribution in [-0.2, 0) is 4.79 Å². The van der Waals surface area contributed by atoms with Crippen molar-refractivity contribution in [3.63, 3.8) is 0 Å². The van der Waals surface area contributed by atoms with Crippen LogP contribution in [0.1, 0.15) is 31.7 Å². The third-order valence-electron chi connectivity index (χ3n) is 3.53. The lowest BCUT2D eigenvalue weighted by molar-refractivity contribution is -0.120. The van der Waals surface area contributed by atoms with E-state index in [2.05, 4.69) is 11.4 Å². The molecule has 0 saturated heterocycles. The van der Waals surface area contributed by atoms with Crippen molar-refractivity contribution >= 4 is 17.7 Å². The Morgan fingerprint density at radius 2 is 2.17 bits per heavy atom. The molecular weight excluding hydrogens is 312 g/mol. The molecule has 1 amide bonds. The molecular formula is C17H20N2O3S. The van der Waals surface area contributed by atoms with Crippen LogP contribution in [0.2, 0.25) is 0 Å². The normalized spacial score (nSPS) is 17.5. The molecule has 1 heterocycles. The molecule has 0 spiro atoms. The first kappa shape index (κ1) is 17.2. The van der Waals surface area contributed by atoms with Gasteiger partial charge in [-0.15, -0.1) is 11.8 Å². The number of allylic oxidation sites excluding steroid dienone is 1. The van der Waals surface area contributed by atoms with Gasteiger partial charge in [-0.25, -0.2) is 0 Å². The van der Waals surface area contributed by atoms with Crippen molar-refractivity contribution < 1.29 is 14.3 Å². The molecule has 23 heavy (non-hydrogen) atoms. The van der Waals surface area contributed by atoms with Crippen molar-refractivity contribution in [1.82, 2.24) is 5.32 Å². The fourth-order valence-electron chi connectivity index (χ4n) is 2.54. The van der Waals surface area contributed by atoms with E-state index in [9.17, 15) is 10.1 Å². The monoisotopic (exact) mass is 332 g/mol. The molecule has 1 aliphatic rings. The minimum Gasteiger partial charge on any atom is -0.493 e. The molecule has 1 aliphatic heterocycles. The highest BCUT2D eigenvalue weighted by molar-refractivity contribution is 8.03. The Balaban J connectivity index is 2.44. The Morgan fingerprint density at radius 1 is 1.39 bits per heavy atom. The fourth-order valence-corrected chi connectivity index (χ4v) is 3.36. The van der Waals surface area contributed by atoms with Crippen molar-refractivity contribution in [1.29, 1.82) is 5.26 Å². The van der Waals surface area contributed by atoms with E-state index < -0.39 is 0 Å². The summed E-state index contributed by atoms with van der Waals surface area (Å²) in [5.74, 6) is 1.73. The predicted molar refractivity (Wildman–Crippen MR) is 90.4 cm³/mol. The number of benzene rings is 1. The number of nitrogens with zero attached hydrogens (tertiary/aromatic N) is 1. The number of nitrogens with one attached hydrogen (secondary N) is 1. The van der Waals surface area contributed by atoms with Crippen molar-refractivity contribution in [2.75, 3.05) is 19.5 Å². The number of hydrogen-bond donors (Lipinski definition) is 1. The number of nitriles is 1. The first-order valence-electron chi connectivity index (χ1n) is 7.52. The van der Waals surface area contributed by atoms with Gasteiger partial charge in [0.15, 0.2) is 11.5 Å². The summed E-state index contributed by atoms with van der Waals surface area (Å²) in [6.45, 7) is 4.44. The summed E-state index contributed by atoms with van der Waals surface area (Å²) in [4.78, 5) is 12.0. The van der Waals surface area contributed by atoms with Gasteiger partial charge in [0, 0.05) is 12.3 Å². The fraction of sp³-hybridized carbons (Fsp3) is 0.412. The van der Waals surface area contributed by atoms with Crippen LogP contribution in [0.5, 0.6) is 11.5 Å². The van der Waals surface area contributed by atoms with Gasteiger partial charge in [-0.3, -0.25) is 4.79 Å². The smallest absolute Gasteiger partial charge is 0.225 e. The molecule has 2 rings (SSSR count). The van der Waals surface area contributed by atoms with Crippen LogP contribution in [0.25, 0.3) is 0 Å². The maximum atomic E-state index is 12.0. The average Bonchev–Trinajstić information content (AvgIpc) is 2.55. The van der Waals surface area contributed by atoms with Gasteiger partial charge in [0.25, 0.3) is 0 Å². The SMILES string of the molecule is CCOc1ccc([C@H]2CC(=O)NC(SCC)=C2C#N)cc1OC. The minimum absolute atomic E-state index is 0.0715. The maximum absolute atomic E-state index is 12.0. The third-order valence-corrected chi connectivity index (χ3v) is 4.43. The van der Waals surface area contributed by atoms with Crippen LogP contribution >= 0.6 is 11.8 Å². The maximum Gasteiger partial charge on any atom is 0.225 e. The second kappa shape index (κ2) is 7.93. The Kier molecular flexibility index (Phi) is 5.94. The largest absolute Gasteiger partial charge is 0.493 e. The molecule has 0 radical (unpaired) electrons. The van der Waals surface area contributed by atoms with Crippen LogP contribution in [0.15, 0.2) is 28.8 Å². The topological polar surface area (TPSA) is 71.3 Å². The van der Waals surface area contributed by atoms with Gasteiger partial charge < -0.3 is 14.8 Å². The number of carbonyl (C=O) groups is 1. The summed E-state index contributed by atoms with van der Waals surface area (Å²) in [7, 11) is 1.58. The summed E-state index contributed by atoms with van der Waals surface area (Å²) < 4.78 is 10.9. The quantitative estimate of drug-likeness (QED) is 0.866. The van der Waals surface area contributed by atoms with Crippen LogP contribution < -0.4 is 14.8 Å². The first-order chi connectivity index (χ1) is 11.1. The van der Waals surface area contributed by atoms with E-state index in [0.29, 0.717) is 28.7 Å². The average molecular weight is 332 g/mol.